The fourth-order valence-corrected chi connectivity index (χ4v) is 2.59. The molecule has 0 bridgehead atoms. The molecule has 0 atom stereocenters. The molecule has 0 unspecified atom stereocenters. The first kappa shape index (κ1) is 15.7. The molecule has 116 valence electrons. The van der Waals surface area contributed by atoms with Gasteiger partial charge in [-0.1, -0.05) is 11.6 Å². The number of nitrogens with one attached hydrogen (secondary N) is 1. The van der Waals surface area contributed by atoms with Crippen LogP contribution in [0, 0.1) is 0 Å². The Hall–Kier alpha value is -1.68. The van der Waals surface area contributed by atoms with E-state index in [1.165, 1.54) is 5.57 Å². The van der Waals surface area contributed by atoms with Gasteiger partial charge < -0.3 is 15.2 Å². The van der Waals surface area contributed by atoms with E-state index >= 15 is 0 Å². The Morgan fingerprint density at radius 2 is 2.10 bits per heavy atom. The lowest BCUT2D eigenvalue weighted by atomic mass is 10.0. The standard InChI is InChI=1S/C17H26N2O2/c1-13(2)6-9-19-10-7-14(8-11-19)18-15-4-5-17(21-3)16(20)12-15/h4-6,12,14,18,20H,7-11H2,1-3H3. The van der Waals surface area contributed by atoms with Crippen LogP contribution in [0.5, 0.6) is 11.5 Å². The van der Waals surface area contributed by atoms with Gasteiger partial charge in [0.05, 0.1) is 7.11 Å². The van der Waals surface area contributed by atoms with Gasteiger partial charge in [-0.2, -0.15) is 0 Å². The molecule has 2 rings (SSSR count). The minimum Gasteiger partial charge on any atom is -0.504 e. The van der Waals surface area contributed by atoms with Gasteiger partial charge in [-0.25, -0.2) is 0 Å². The maximum atomic E-state index is 9.81. The van der Waals surface area contributed by atoms with Crippen molar-refractivity contribution >= 4 is 5.69 Å². The van der Waals surface area contributed by atoms with Crippen molar-refractivity contribution in [2.45, 2.75) is 32.7 Å². The van der Waals surface area contributed by atoms with Crippen LogP contribution in [0.3, 0.4) is 0 Å². The SMILES string of the molecule is COc1ccc(NC2CCN(CC=C(C)C)CC2)cc1O. The van der Waals surface area contributed by atoms with E-state index in [9.17, 15) is 5.11 Å². The van der Waals surface area contributed by atoms with Crippen LogP contribution in [0.2, 0.25) is 0 Å². The Morgan fingerprint density at radius 3 is 2.67 bits per heavy atom. The number of piperidine rings is 1. The number of ether oxygens (including phenoxy) is 1. The van der Waals surface area contributed by atoms with E-state index in [1.807, 2.05) is 6.07 Å². The number of nitrogens with zero attached hydrogens (tertiary/aromatic N) is 1. The Bertz CT molecular complexity index is 488. The number of phenolic OH excluding ortho intramolecular Hbond substituents is 1. The number of hydrogen-bond donors (Lipinski definition) is 2. The Morgan fingerprint density at radius 1 is 1.38 bits per heavy atom. The minimum absolute atomic E-state index is 0.184. The molecule has 1 aromatic rings. The summed E-state index contributed by atoms with van der Waals surface area (Å²) in [6.07, 6.45) is 4.54. The van der Waals surface area contributed by atoms with Crippen LogP contribution in [0.25, 0.3) is 0 Å². The first-order valence-corrected chi connectivity index (χ1v) is 7.57. The molecule has 4 nitrogen and oxygen atoms in total. The van der Waals surface area contributed by atoms with Gasteiger partial charge in [-0.3, -0.25) is 4.90 Å². The highest BCUT2D eigenvalue weighted by atomic mass is 16.5. The second kappa shape index (κ2) is 7.36. The molecule has 1 aliphatic rings. The molecule has 1 saturated heterocycles. The lowest BCUT2D eigenvalue weighted by molar-refractivity contribution is 0.240. The highest BCUT2D eigenvalue weighted by molar-refractivity contribution is 5.54. The summed E-state index contributed by atoms with van der Waals surface area (Å²) in [5, 5.41) is 13.3. The van der Waals surface area contributed by atoms with Gasteiger partial charge in [0.1, 0.15) is 0 Å². The van der Waals surface area contributed by atoms with E-state index in [4.69, 9.17) is 4.74 Å². The largest absolute Gasteiger partial charge is 0.504 e. The lowest BCUT2D eigenvalue weighted by Crippen LogP contribution is -2.39. The smallest absolute Gasteiger partial charge is 0.160 e. The molecule has 1 aromatic carbocycles. The molecule has 0 aromatic heterocycles. The third kappa shape index (κ3) is 4.67. The van der Waals surface area contributed by atoms with Crippen LogP contribution >= 0.6 is 0 Å². The average Bonchev–Trinajstić information content (AvgIpc) is 2.47. The molecule has 1 fully saturated rings. The van der Waals surface area contributed by atoms with Crippen molar-refractivity contribution in [1.82, 2.24) is 4.90 Å². The fourth-order valence-electron chi connectivity index (χ4n) is 2.59. The van der Waals surface area contributed by atoms with Crippen molar-refractivity contribution in [3.63, 3.8) is 0 Å². The van der Waals surface area contributed by atoms with Crippen LogP contribution in [-0.4, -0.2) is 42.8 Å². The Labute approximate surface area is 127 Å². The first-order valence-electron chi connectivity index (χ1n) is 7.57. The van der Waals surface area contributed by atoms with Gasteiger partial charge >= 0.3 is 0 Å². The normalized spacial score (nSPS) is 16.5. The summed E-state index contributed by atoms with van der Waals surface area (Å²) < 4.78 is 5.06. The highest BCUT2D eigenvalue weighted by Crippen LogP contribution is 2.29. The number of allylic oxidation sites excluding steroid dienone is 1. The second-order valence-corrected chi connectivity index (χ2v) is 5.89. The van der Waals surface area contributed by atoms with Crippen molar-refractivity contribution < 1.29 is 9.84 Å². The minimum atomic E-state index is 0.184. The van der Waals surface area contributed by atoms with E-state index in [0.29, 0.717) is 11.8 Å². The summed E-state index contributed by atoms with van der Waals surface area (Å²) in [6.45, 7) is 7.57. The van der Waals surface area contributed by atoms with Crippen molar-refractivity contribution in [2.24, 2.45) is 0 Å². The Balaban J connectivity index is 1.83. The zero-order valence-corrected chi connectivity index (χ0v) is 13.2. The molecule has 21 heavy (non-hydrogen) atoms. The quantitative estimate of drug-likeness (QED) is 0.817. The third-order valence-corrected chi connectivity index (χ3v) is 3.89. The predicted octanol–water partition coefficient (Wildman–Crippen LogP) is 3.24. The maximum Gasteiger partial charge on any atom is 0.160 e. The van der Waals surface area contributed by atoms with E-state index < -0.39 is 0 Å². The van der Waals surface area contributed by atoms with Gasteiger partial charge in [-0.05, 0) is 38.8 Å². The number of phenols is 1. The number of methoxy groups -OCH3 is 1. The predicted molar refractivity (Wildman–Crippen MR) is 87.2 cm³/mol. The van der Waals surface area contributed by atoms with Crippen LogP contribution in [0.15, 0.2) is 29.8 Å². The number of anilines is 1. The van der Waals surface area contributed by atoms with Crippen LogP contribution in [0.1, 0.15) is 26.7 Å². The molecule has 4 heteroatoms. The molecular formula is C17H26N2O2. The van der Waals surface area contributed by atoms with Crippen molar-refractivity contribution in [3.05, 3.63) is 29.8 Å². The molecule has 1 heterocycles. The summed E-state index contributed by atoms with van der Waals surface area (Å²) in [6, 6.07) is 5.95. The molecule has 0 spiro atoms. The second-order valence-electron chi connectivity index (χ2n) is 5.89. The summed E-state index contributed by atoms with van der Waals surface area (Å²) >= 11 is 0. The molecule has 1 aliphatic heterocycles. The first-order chi connectivity index (χ1) is 10.1. The highest BCUT2D eigenvalue weighted by Gasteiger charge is 2.18. The lowest BCUT2D eigenvalue weighted by Gasteiger charge is -2.32. The monoisotopic (exact) mass is 290 g/mol. The number of aromatic hydroxyl groups is 1. The zero-order valence-electron chi connectivity index (χ0n) is 13.2. The van der Waals surface area contributed by atoms with E-state index in [2.05, 4.69) is 30.1 Å². The van der Waals surface area contributed by atoms with Crippen molar-refractivity contribution in [3.8, 4) is 11.5 Å². The molecule has 0 radical (unpaired) electrons. The van der Waals surface area contributed by atoms with E-state index in [-0.39, 0.29) is 5.75 Å². The van der Waals surface area contributed by atoms with E-state index in [1.54, 1.807) is 19.2 Å². The summed E-state index contributed by atoms with van der Waals surface area (Å²) in [5.41, 5.74) is 2.33. The van der Waals surface area contributed by atoms with Gasteiger partial charge in [0.15, 0.2) is 11.5 Å². The molecular weight excluding hydrogens is 264 g/mol. The summed E-state index contributed by atoms with van der Waals surface area (Å²) in [5.74, 6) is 0.695. The number of hydrogen-bond acceptors (Lipinski definition) is 4. The molecule has 0 aliphatic carbocycles. The fraction of sp³-hybridized carbons (Fsp3) is 0.529. The van der Waals surface area contributed by atoms with E-state index in [0.717, 1.165) is 38.2 Å². The van der Waals surface area contributed by atoms with Crippen LogP contribution in [-0.2, 0) is 0 Å². The molecule has 0 saturated carbocycles. The number of benzene rings is 1. The van der Waals surface area contributed by atoms with Gasteiger partial charge in [0.2, 0.25) is 0 Å². The average molecular weight is 290 g/mol. The van der Waals surface area contributed by atoms with Crippen molar-refractivity contribution in [1.29, 1.82) is 0 Å². The summed E-state index contributed by atoms with van der Waals surface area (Å²) in [4.78, 5) is 2.48. The molecule has 2 N–H and O–H groups in total. The Kier molecular flexibility index (Phi) is 5.51. The number of rotatable bonds is 5. The zero-order chi connectivity index (χ0) is 15.2. The third-order valence-electron chi connectivity index (χ3n) is 3.89. The summed E-state index contributed by atoms with van der Waals surface area (Å²) in [7, 11) is 1.56. The number of likely N-dealkylation sites (tertiary alicyclic amines) is 1. The van der Waals surface area contributed by atoms with Gasteiger partial charge in [0, 0.05) is 37.4 Å². The van der Waals surface area contributed by atoms with Gasteiger partial charge in [-0.15, -0.1) is 0 Å². The van der Waals surface area contributed by atoms with Crippen LogP contribution in [0.4, 0.5) is 5.69 Å². The van der Waals surface area contributed by atoms with Crippen LogP contribution < -0.4 is 10.1 Å². The van der Waals surface area contributed by atoms with Gasteiger partial charge in [0.25, 0.3) is 0 Å². The maximum absolute atomic E-state index is 9.81. The topological polar surface area (TPSA) is 44.7 Å². The van der Waals surface area contributed by atoms with Crippen molar-refractivity contribution in [2.75, 3.05) is 32.1 Å². The molecule has 0 amide bonds.